The molecule has 0 atom stereocenters. The maximum Gasteiger partial charge on any atom is 0.213 e. The van der Waals surface area contributed by atoms with Gasteiger partial charge in [0.1, 0.15) is 5.75 Å². The normalized spacial score (nSPS) is 11.9. The van der Waals surface area contributed by atoms with E-state index < -0.39 is 10.0 Å². The molecule has 0 aromatic heterocycles. The van der Waals surface area contributed by atoms with Crippen LogP contribution < -0.4 is 20.1 Å². The second-order valence-corrected chi connectivity index (χ2v) is 8.04. The minimum atomic E-state index is -3.37. The van der Waals surface area contributed by atoms with Gasteiger partial charge in [0.15, 0.2) is 5.96 Å². The Morgan fingerprint density at radius 1 is 1.00 bits per heavy atom. The van der Waals surface area contributed by atoms with Gasteiger partial charge in [0.25, 0.3) is 0 Å². The average molecular weight is 405 g/mol. The van der Waals surface area contributed by atoms with Crippen LogP contribution in [0.5, 0.6) is 5.75 Å². The van der Waals surface area contributed by atoms with E-state index in [-0.39, 0.29) is 18.8 Å². The molecule has 7 nitrogen and oxygen atoms in total. The quantitative estimate of drug-likeness (QED) is 0.413. The van der Waals surface area contributed by atoms with E-state index in [2.05, 4.69) is 20.3 Å². The smallest absolute Gasteiger partial charge is 0.213 e. The Balaban J connectivity index is 1.71. The Morgan fingerprint density at radius 2 is 1.68 bits per heavy atom. The summed E-state index contributed by atoms with van der Waals surface area (Å²) in [7, 11) is -0.0628. The van der Waals surface area contributed by atoms with E-state index >= 15 is 0 Å². The van der Waals surface area contributed by atoms with Gasteiger partial charge in [0.2, 0.25) is 10.0 Å². The molecule has 0 aliphatic rings. The van der Waals surface area contributed by atoms with Gasteiger partial charge in [-0.25, -0.2) is 13.1 Å². The molecule has 0 aliphatic heterocycles. The summed E-state index contributed by atoms with van der Waals surface area (Å²) in [5, 5.41) is 6.21. The molecule has 0 unspecified atom stereocenters. The van der Waals surface area contributed by atoms with Crippen LogP contribution in [0.3, 0.4) is 0 Å². The highest BCUT2D eigenvalue weighted by molar-refractivity contribution is 7.89. The summed E-state index contributed by atoms with van der Waals surface area (Å²) in [5.41, 5.74) is 2.02. The molecule has 28 heavy (non-hydrogen) atoms. The van der Waals surface area contributed by atoms with Crippen LogP contribution in [0.25, 0.3) is 0 Å². The molecule has 2 aromatic rings. The molecule has 0 aliphatic carbocycles. The fourth-order valence-corrected chi connectivity index (χ4v) is 3.51. The summed E-state index contributed by atoms with van der Waals surface area (Å²) >= 11 is 0. The number of rotatable bonds is 10. The maximum absolute atomic E-state index is 12.1. The summed E-state index contributed by atoms with van der Waals surface area (Å²) < 4.78 is 32.2. The van der Waals surface area contributed by atoms with Crippen LogP contribution >= 0.6 is 0 Å². The predicted molar refractivity (Wildman–Crippen MR) is 113 cm³/mol. The first-order valence-corrected chi connectivity index (χ1v) is 10.8. The highest BCUT2D eigenvalue weighted by atomic mass is 32.2. The maximum atomic E-state index is 12.1. The van der Waals surface area contributed by atoms with E-state index in [1.54, 1.807) is 14.2 Å². The zero-order chi connectivity index (χ0) is 20.2. The fourth-order valence-electron chi connectivity index (χ4n) is 2.61. The van der Waals surface area contributed by atoms with E-state index in [1.165, 1.54) is 0 Å². The number of ether oxygens (including phenoxy) is 1. The Hall–Kier alpha value is -2.58. The van der Waals surface area contributed by atoms with E-state index in [4.69, 9.17) is 4.74 Å². The van der Waals surface area contributed by atoms with Crippen LogP contribution in [0.4, 0.5) is 0 Å². The van der Waals surface area contributed by atoms with E-state index in [9.17, 15) is 8.42 Å². The summed E-state index contributed by atoms with van der Waals surface area (Å²) in [5.74, 6) is 1.38. The van der Waals surface area contributed by atoms with Gasteiger partial charge in [-0.05, 0) is 23.6 Å². The van der Waals surface area contributed by atoms with Gasteiger partial charge in [-0.2, -0.15) is 0 Å². The lowest BCUT2D eigenvalue weighted by molar-refractivity contribution is 0.409. The largest absolute Gasteiger partial charge is 0.496 e. The lowest BCUT2D eigenvalue weighted by atomic mass is 10.1. The van der Waals surface area contributed by atoms with Gasteiger partial charge in [-0.15, -0.1) is 0 Å². The van der Waals surface area contributed by atoms with Crippen molar-refractivity contribution >= 4 is 16.0 Å². The highest BCUT2D eigenvalue weighted by Gasteiger charge is 2.10. The van der Waals surface area contributed by atoms with Crippen molar-refractivity contribution in [2.75, 3.05) is 33.0 Å². The number of nitrogens with zero attached hydrogens (tertiary/aromatic N) is 1. The molecular weight excluding hydrogens is 376 g/mol. The Kier molecular flexibility index (Phi) is 8.77. The van der Waals surface area contributed by atoms with Crippen LogP contribution in [-0.2, 0) is 23.0 Å². The number of methoxy groups -OCH3 is 1. The molecule has 8 heteroatoms. The van der Waals surface area contributed by atoms with Crippen molar-refractivity contribution in [2.24, 2.45) is 4.99 Å². The topological polar surface area (TPSA) is 91.8 Å². The standard InChI is InChI=1S/C20H28N4O3S/c1-21-20(22-13-12-18-10-6-7-11-19(18)27-2)23-14-15-28(25,26)24-16-17-8-4-3-5-9-17/h3-11,24H,12-16H2,1-2H3,(H2,21,22,23). The number of benzene rings is 2. The molecule has 0 saturated carbocycles. The molecule has 0 bridgehead atoms. The first kappa shape index (κ1) is 21.7. The Labute approximate surface area is 167 Å². The lowest BCUT2D eigenvalue weighted by Crippen LogP contribution is -2.41. The number of aliphatic imine (C=N–C) groups is 1. The number of sulfonamides is 1. The number of hydrogen-bond donors (Lipinski definition) is 3. The molecule has 0 heterocycles. The van der Waals surface area contributed by atoms with Crippen molar-refractivity contribution in [2.45, 2.75) is 13.0 Å². The van der Waals surface area contributed by atoms with Crippen LogP contribution in [0, 0.1) is 0 Å². The van der Waals surface area contributed by atoms with E-state index in [1.807, 2.05) is 54.6 Å². The van der Waals surface area contributed by atoms with Crippen LogP contribution in [-0.4, -0.2) is 47.4 Å². The number of para-hydroxylation sites is 1. The second kappa shape index (κ2) is 11.3. The predicted octanol–water partition coefficient (Wildman–Crippen LogP) is 1.52. The molecule has 0 fully saturated rings. The van der Waals surface area contributed by atoms with Crippen molar-refractivity contribution in [1.29, 1.82) is 0 Å². The summed E-state index contributed by atoms with van der Waals surface area (Å²) in [6.45, 7) is 1.20. The van der Waals surface area contributed by atoms with Gasteiger partial charge in [-0.3, -0.25) is 4.99 Å². The first-order valence-electron chi connectivity index (χ1n) is 9.12. The van der Waals surface area contributed by atoms with E-state index in [0.29, 0.717) is 12.5 Å². The molecular formula is C20H28N4O3S. The Bertz CT molecular complexity index is 855. The van der Waals surface area contributed by atoms with Crippen molar-refractivity contribution in [3.05, 3.63) is 65.7 Å². The summed E-state index contributed by atoms with van der Waals surface area (Å²) in [4.78, 5) is 4.12. The summed E-state index contributed by atoms with van der Waals surface area (Å²) in [6.07, 6.45) is 0.766. The highest BCUT2D eigenvalue weighted by Crippen LogP contribution is 2.17. The number of guanidine groups is 1. The van der Waals surface area contributed by atoms with Gasteiger partial charge >= 0.3 is 0 Å². The molecule has 2 rings (SSSR count). The van der Waals surface area contributed by atoms with Crippen LogP contribution in [0.2, 0.25) is 0 Å². The van der Waals surface area contributed by atoms with Crippen molar-refractivity contribution in [3.63, 3.8) is 0 Å². The van der Waals surface area contributed by atoms with Gasteiger partial charge in [0.05, 0.1) is 12.9 Å². The molecule has 0 radical (unpaired) electrons. The zero-order valence-electron chi connectivity index (χ0n) is 16.3. The number of hydrogen-bond acceptors (Lipinski definition) is 4. The number of nitrogens with one attached hydrogen (secondary N) is 3. The van der Waals surface area contributed by atoms with Crippen molar-refractivity contribution in [1.82, 2.24) is 15.4 Å². The minimum absolute atomic E-state index is 0.0347. The zero-order valence-corrected chi connectivity index (χ0v) is 17.1. The molecule has 0 spiro atoms. The summed E-state index contributed by atoms with van der Waals surface area (Å²) in [6, 6.07) is 17.3. The van der Waals surface area contributed by atoms with Crippen molar-refractivity contribution < 1.29 is 13.2 Å². The first-order chi connectivity index (χ1) is 13.5. The van der Waals surface area contributed by atoms with Gasteiger partial charge < -0.3 is 15.4 Å². The van der Waals surface area contributed by atoms with Crippen LogP contribution in [0.1, 0.15) is 11.1 Å². The SMILES string of the molecule is CN=C(NCCc1ccccc1OC)NCCS(=O)(=O)NCc1ccccc1. The lowest BCUT2D eigenvalue weighted by Gasteiger charge is -2.13. The average Bonchev–Trinajstić information content (AvgIpc) is 2.72. The van der Waals surface area contributed by atoms with Gasteiger partial charge in [-0.1, -0.05) is 48.5 Å². The van der Waals surface area contributed by atoms with E-state index in [0.717, 1.165) is 23.3 Å². The second-order valence-electron chi connectivity index (χ2n) is 6.11. The van der Waals surface area contributed by atoms with Crippen LogP contribution in [0.15, 0.2) is 59.6 Å². The molecule has 2 aromatic carbocycles. The third kappa shape index (κ3) is 7.58. The third-order valence-electron chi connectivity index (χ3n) is 4.11. The van der Waals surface area contributed by atoms with Crippen molar-refractivity contribution in [3.8, 4) is 5.75 Å². The Morgan fingerprint density at radius 3 is 2.39 bits per heavy atom. The minimum Gasteiger partial charge on any atom is -0.496 e. The molecule has 3 N–H and O–H groups in total. The molecule has 0 saturated heterocycles. The fraction of sp³-hybridized carbons (Fsp3) is 0.350. The third-order valence-corrected chi connectivity index (χ3v) is 5.43. The van der Waals surface area contributed by atoms with Gasteiger partial charge in [0, 0.05) is 26.7 Å². The monoisotopic (exact) mass is 404 g/mol. The molecule has 152 valence electrons. The molecule has 0 amide bonds.